The summed E-state index contributed by atoms with van der Waals surface area (Å²) in [5.41, 5.74) is 1.51. The van der Waals surface area contributed by atoms with Crippen LogP contribution in [-0.4, -0.2) is 9.97 Å². The molecule has 2 aromatic heterocycles. The van der Waals surface area contributed by atoms with Gasteiger partial charge in [0.1, 0.15) is 11.2 Å². The van der Waals surface area contributed by atoms with Crippen LogP contribution in [0.4, 0.5) is 0 Å². The van der Waals surface area contributed by atoms with Gasteiger partial charge in [0.05, 0.1) is 0 Å². The van der Waals surface area contributed by atoms with E-state index in [0.29, 0.717) is 0 Å². The number of fused-ring (bicyclic) bond motifs is 3. The number of nitrogens with zero attached hydrogens (tertiary/aromatic N) is 2. The third kappa shape index (κ3) is 0.743. The number of rotatable bonds is 0. The van der Waals surface area contributed by atoms with Gasteiger partial charge in [-0.2, -0.15) is 0 Å². The highest BCUT2D eigenvalue weighted by atomic mass is 32.1. The fraction of sp³-hybridized carbons (Fsp3) is 0.333. The van der Waals surface area contributed by atoms with Crippen molar-refractivity contribution in [3.63, 3.8) is 0 Å². The average molecular weight is 176 g/mol. The van der Waals surface area contributed by atoms with Crippen molar-refractivity contribution in [1.82, 2.24) is 9.97 Å². The average Bonchev–Trinajstić information content (AvgIpc) is 2.62. The zero-order chi connectivity index (χ0) is 7.97. The molecule has 0 spiro atoms. The first-order valence-corrected chi connectivity index (χ1v) is 4.97. The molecule has 1 aliphatic carbocycles. The SMILES string of the molecule is c1ncc2c3c(sc2n1)CCC3. The number of thiophene rings is 1. The molecule has 0 atom stereocenters. The maximum absolute atomic E-state index is 4.25. The van der Waals surface area contributed by atoms with Gasteiger partial charge in [-0.1, -0.05) is 0 Å². The van der Waals surface area contributed by atoms with E-state index in [1.54, 1.807) is 6.33 Å². The lowest BCUT2D eigenvalue weighted by atomic mass is 10.2. The molecule has 0 bridgehead atoms. The van der Waals surface area contributed by atoms with E-state index >= 15 is 0 Å². The van der Waals surface area contributed by atoms with E-state index < -0.39 is 0 Å². The molecular weight excluding hydrogens is 168 g/mol. The lowest BCUT2D eigenvalue weighted by Crippen LogP contribution is -1.78. The fourth-order valence-electron chi connectivity index (χ4n) is 1.84. The molecule has 0 aliphatic heterocycles. The number of aryl methyl sites for hydroxylation is 2. The monoisotopic (exact) mass is 176 g/mol. The van der Waals surface area contributed by atoms with Gasteiger partial charge in [-0.05, 0) is 24.8 Å². The van der Waals surface area contributed by atoms with Gasteiger partial charge >= 0.3 is 0 Å². The van der Waals surface area contributed by atoms with E-state index in [0.717, 1.165) is 4.83 Å². The molecule has 0 aromatic carbocycles. The first kappa shape index (κ1) is 6.54. The lowest BCUT2D eigenvalue weighted by Gasteiger charge is -1.89. The largest absolute Gasteiger partial charge is 0.244 e. The second-order valence-electron chi connectivity index (χ2n) is 3.10. The first-order chi connectivity index (χ1) is 5.95. The summed E-state index contributed by atoms with van der Waals surface area (Å²) < 4.78 is 0. The zero-order valence-corrected chi connectivity index (χ0v) is 7.40. The van der Waals surface area contributed by atoms with E-state index in [-0.39, 0.29) is 0 Å². The maximum atomic E-state index is 4.25. The molecule has 0 saturated carbocycles. The molecule has 60 valence electrons. The highest BCUT2D eigenvalue weighted by Gasteiger charge is 2.17. The Morgan fingerprint density at radius 1 is 1.33 bits per heavy atom. The highest BCUT2D eigenvalue weighted by molar-refractivity contribution is 7.18. The van der Waals surface area contributed by atoms with Gasteiger partial charge in [0, 0.05) is 16.5 Å². The molecule has 2 nitrogen and oxygen atoms in total. The highest BCUT2D eigenvalue weighted by Crippen LogP contribution is 2.35. The Kier molecular flexibility index (Phi) is 1.23. The normalized spacial score (nSPS) is 15.3. The quantitative estimate of drug-likeness (QED) is 0.615. The van der Waals surface area contributed by atoms with Crippen molar-refractivity contribution in [3.05, 3.63) is 23.0 Å². The summed E-state index contributed by atoms with van der Waals surface area (Å²) in [4.78, 5) is 11.0. The molecular formula is C9H8N2S. The Balaban J connectivity index is 2.44. The Bertz CT molecular complexity index is 433. The van der Waals surface area contributed by atoms with Crippen LogP contribution in [0.3, 0.4) is 0 Å². The van der Waals surface area contributed by atoms with Gasteiger partial charge in [-0.25, -0.2) is 9.97 Å². The maximum Gasteiger partial charge on any atom is 0.127 e. The zero-order valence-electron chi connectivity index (χ0n) is 6.58. The van der Waals surface area contributed by atoms with Crippen LogP contribution < -0.4 is 0 Å². The van der Waals surface area contributed by atoms with Crippen molar-refractivity contribution in [2.24, 2.45) is 0 Å². The van der Waals surface area contributed by atoms with Gasteiger partial charge in [-0.15, -0.1) is 11.3 Å². The molecule has 0 fully saturated rings. The van der Waals surface area contributed by atoms with Crippen LogP contribution in [-0.2, 0) is 12.8 Å². The van der Waals surface area contributed by atoms with Gasteiger partial charge < -0.3 is 0 Å². The Labute approximate surface area is 74.3 Å². The van der Waals surface area contributed by atoms with Crippen LogP contribution in [0.1, 0.15) is 16.9 Å². The third-order valence-electron chi connectivity index (χ3n) is 2.39. The second-order valence-corrected chi connectivity index (χ2v) is 4.18. The van der Waals surface area contributed by atoms with Crippen LogP contribution in [0.15, 0.2) is 12.5 Å². The number of aromatic nitrogens is 2. The van der Waals surface area contributed by atoms with E-state index in [9.17, 15) is 0 Å². The summed E-state index contributed by atoms with van der Waals surface area (Å²) in [6, 6.07) is 0. The molecule has 0 saturated heterocycles. The predicted octanol–water partition coefficient (Wildman–Crippen LogP) is 2.18. The van der Waals surface area contributed by atoms with Crippen molar-refractivity contribution in [1.29, 1.82) is 0 Å². The van der Waals surface area contributed by atoms with Crippen molar-refractivity contribution < 1.29 is 0 Å². The number of hydrogen-bond donors (Lipinski definition) is 0. The van der Waals surface area contributed by atoms with Crippen LogP contribution in [0.2, 0.25) is 0 Å². The summed E-state index contributed by atoms with van der Waals surface area (Å²) in [6.07, 6.45) is 7.36. The van der Waals surface area contributed by atoms with E-state index in [1.165, 1.54) is 35.1 Å². The Morgan fingerprint density at radius 2 is 2.33 bits per heavy atom. The second kappa shape index (κ2) is 2.26. The lowest BCUT2D eigenvalue weighted by molar-refractivity contribution is 0.917. The summed E-state index contributed by atoms with van der Waals surface area (Å²) in [5.74, 6) is 0. The molecule has 3 heteroatoms. The van der Waals surface area contributed by atoms with Crippen LogP contribution in [0.25, 0.3) is 10.2 Å². The topological polar surface area (TPSA) is 25.8 Å². The van der Waals surface area contributed by atoms with Gasteiger partial charge in [0.25, 0.3) is 0 Å². The molecule has 2 aromatic rings. The molecule has 0 amide bonds. The van der Waals surface area contributed by atoms with Crippen molar-refractivity contribution in [3.8, 4) is 0 Å². The molecule has 1 aliphatic rings. The van der Waals surface area contributed by atoms with Gasteiger partial charge in [0.15, 0.2) is 0 Å². The summed E-state index contributed by atoms with van der Waals surface area (Å²) in [7, 11) is 0. The first-order valence-electron chi connectivity index (χ1n) is 4.15. The van der Waals surface area contributed by atoms with E-state index in [2.05, 4.69) is 9.97 Å². The molecule has 0 N–H and O–H groups in total. The minimum Gasteiger partial charge on any atom is -0.244 e. The van der Waals surface area contributed by atoms with E-state index in [1.807, 2.05) is 17.5 Å². The summed E-state index contributed by atoms with van der Waals surface area (Å²) in [5, 5.41) is 1.29. The third-order valence-corrected chi connectivity index (χ3v) is 3.60. The van der Waals surface area contributed by atoms with Crippen LogP contribution in [0.5, 0.6) is 0 Å². The minimum atomic E-state index is 1.16. The van der Waals surface area contributed by atoms with Crippen molar-refractivity contribution in [2.75, 3.05) is 0 Å². The summed E-state index contributed by atoms with van der Waals surface area (Å²) >= 11 is 1.84. The molecule has 12 heavy (non-hydrogen) atoms. The van der Waals surface area contributed by atoms with Crippen LogP contribution >= 0.6 is 11.3 Å². The smallest absolute Gasteiger partial charge is 0.127 e. The van der Waals surface area contributed by atoms with Crippen molar-refractivity contribution >= 4 is 21.6 Å². The molecule has 0 radical (unpaired) electrons. The number of hydrogen-bond acceptors (Lipinski definition) is 3. The van der Waals surface area contributed by atoms with Gasteiger partial charge in [0.2, 0.25) is 0 Å². The van der Waals surface area contributed by atoms with Crippen molar-refractivity contribution in [2.45, 2.75) is 19.3 Å². The Morgan fingerprint density at radius 3 is 3.33 bits per heavy atom. The molecule has 2 heterocycles. The predicted molar refractivity (Wildman–Crippen MR) is 49.4 cm³/mol. The summed E-state index contributed by atoms with van der Waals surface area (Å²) in [6.45, 7) is 0. The van der Waals surface area contributed by atoms with E-state index in [4.69, 9.17) is 0 Å². The standard InChI is InChI=1S/C9H8N2S/c1-2-6-7-4-10-5-11-9(7)12-8(6)3-1/h4-5H,1-3H2. The Hall–Kier alpha value is -0.960. The molecule has 3 rings (SSSR count). The fourth-order valence-corrected chi connectivity index (χ4v) is 3.04. The van der Waals surface area contributed by atoms with Crippen LogP contribution in [0, 0.1) is 0 Å². The minimum absolute atomic E-state index is 1.16. The molecule has 0 unspecified atom stereocenters. The van der Waals surface area contributed by atoms with Gasteiger partial charge in [-0.3, -0.25) is 0 Å².